The van der Waals surface area contributed by atoms with Crippen LogP contribution in [0.5, 0.6) is 0 Å². The molecule has 2 unspecified atom stereocenters. The fourth-order valence-corrected chi connectivity index (χ4v) is 3.51. The fourth-order valence-electron chi connectivity index (χ4n) is 3.51. The molecule has 0 radical (unpaired) electrons. The molecule has 2 fully saturated rings. The summed E-state index contributed by atoms with van der Waals surface area (Å²) in [5, 5.41) is 9.66. The van der Waals surface area contributed by atoms with Crippen molar-refractivity contribution in [2.75, 3.05) is 26.2 Å². The molecule has 0 aromatic carbocycles. The van der Waals surface area contributed by atoms with E-state index in [0.29, 0.717) is 0 Å². The van der Waals surface area contributed by atoms with Crippen LogP contribution in [0.1, 0.15) is 53.9 Å². The van der Waals surface area contributed by atoms with E-state index in [-0.39, 0.29) is 17.8 Å². The minimum Gasteiger partial charge on any atom is -0.393 e. The number of halogens is 3. The molecule has 7 heteroatoms. The second-order valence-electron chi connectivity index (χ2n) is 6.95. The number of allylic oxidation sites excluding steroid dienone is 2. The van der Waals surface area contributed by atoms with Gasteiger partial charge in [0, 0.05) is 37.9 Å². The molecule has 4 nitrogen and oxygen atoms in total. The Hall–Kier alpha value is -0.920. The van der Waals surface area contributed by atoms with Crippen LogP contribution in [-0.2, 0) is 0 Å². The topological polar surface area (TPSA) is 39.1 Å². The maximum absolute atomic E-state index is 12.7. The second kappa shape index (κ2) is 9.85. The third-order valence-electron chi connectivity index (χ3n) is 5.08. The number of hydrogen-bond acceptors (Lipinski definition) is 4. The average Bonchev–Trinajstić information content (AvgIpc) is 3.36. The Labute approximate surface area is 155 Å². The number of aliphatic hydroxyl groups excluding tert-OH is 1. The molecular formula is C19H34F3N3O. The van der Waals surface area contributed by atoms with Crippen LogP contribution in [0.2, 0.25) is 0 Å². The Morgan fingerprint density at radius 2 is 1.69 bits per heavy atom. The molecular weight excluding hydrogens is 343 g/mol. The Balaban J connectivity index is 0.00000163. The third-order valence-corrected chi connectivity index (χ3v) is 5.08. The summed E-state index contributed by atoms with van der Waals surface area (Å²) in [4.78, 5) is 8.63. The summed E-state index contributed by atoms with van der Waals surface area (Å²) in [7, 11) is 0. The highest BCUT2D eigenvalue weighted by molar-refractivity contribution is 5.80. The number of aliphatic hydroxyl groups is 1. The van der Waals surface area contributed by atoms with Crippen molar-refractivity contribution in [3.8, 4) is 0 Å². The third kappa shape index (κ3) is 6.35. The van der Waals surface area contributed by atoms with Gasteiger partial charge in [0.25, 0.3) is 0 Å². The van der Waals surface area contributed by atoms with Gasteiger partial charge in [0.05, 0.1) is 17.8 Å². The van der Waals surface area contributed by atoms with E-state index in [4.69, 9.17) is 0 Å². The number of aliphatic imine (C=N–C) groups is 1. The summed E-state index contributed by atoms with van der Waals surface area (Å²) < 4.78 is 38.1. The van der Waals surface area contributed by atoms with E-state index < -0.39 is 11.7 Å². The largest absolute Gasteiger partial charge is 0.417 e. The minimum atomic E-state index is -4.35. The van der Waals surface area contributed by atoms with Crippen LogP contribution < -0.4 is 0 Å². The van der Waals surface area contributed by atoms with Crippen molar-refractivity contribution in [3.63, 3.8) is 0 Å². The number of alkyl halides is 3. The zero-order valence-corrected chi connectivity index (χ0v) is 16.7. The van der Waals surface area contributed by atoms with Gasteiger partial charge in [-0.25, -0.2) is 0 Å². The summed E-state index contributed by atoms with van der Waals surface area (Å²) >= 11 is 0. The van der Waals surface area contributed by atoms with E-state index in [1.54, 1.807) is 0 Å². The van der Waals surface area contributed by atoms with Crippen LogP contribution >= 0.6 is 0 Å². The fraction of sp³-hybridized carbons (Fsp3) is 0.842. The molecule has 2 atom stereocenters. The highest BCUT2D eigenvalue weighted by atomic mass is 19.4. The van der Waals surface area contributed by atoms with E-state index in [9.17, 15) is 18.3 Å². The molecule has 0 amide bonds. The van der Waals surface area contributed by atoms with Gasteiger partial charge in [0.15, 0.2) is 0 Å². The van der Waals surface area contributed by atoms with Gasteiger partial charge in [-0.3, -0.25) is 14.8 Å². The quantitative estimate of drug-likeness (QED) is 0.715. The summed E-state index contributed by atoms with van der Waals surface area (Å²) in [5.41, 5.74) is -0.553. The second-order valence-corrected chi connectivity index (χ2v) is 6.95. The van der Waals surface area contributed by atoms with Crippen LogP contribution in [-0.4, -0.2) is 71.3 Å². The molecule has 2 aliphatic rings. The molecule has 1 aliphatic carbocycles. The Kier molecular flexibility index (Phi) is 8.76. The van der Waals surface area contributed by atoms with E-state index in [1.807, 2.05) is 27.7 Å². The molecule has 0 aromatic heterocycles. The van der Waals surface area contributed by atoms with E-state index in [0.717, 1.165) is 57.7 Å². The molecule has 26 heavy (non-hydrogen) atoms. The first-order valence-electron chi connectivity index (χ1n) is 9.62. The minimum absolute atomic E-state index is 0.154. The van der Waals surface area contributed by atoms with Gasteiger partial charge in [-0.2, -0.15) is 13.2 Å². The molecule has 0 spiro atoms. The Bertz CT molecular complexity index is 477. The highest BCUT2D eigenvalue weighted by Gasteiger charge is 2.48. The summed E-state index contributed by atoms with van der Waals surface area (Å²) in [5.74, 6) is 0. The van der Waals surface area contributed by atoms with Gasteiger partial charge in [0.1, 0.15) is 0 Å². The molecule has 152 valence electrons. The van der Waals surface area contributed by atoms with Crippen LogP contribution in [0.25, 0.3) is 0 Å². The molecule has 1 saturated carbocycles. The smallest absolute Gasteiger partial charge is 0.393 e. The van der Waals surface area contributed by atoms with Gasteiger partial charge < -0.3 is 5.11 Å². The van der Waals surface area contributed by atoms with Gasteiger partial charge in [-0.15, -0.1) is 0 Å². The zero-order chi connectivity index (χ0) is 20.0. The lowest BCUT2D eigenvalue weighted by Gasteiger charge is -2.41. The number of hydrogen-bond donors (Lipinski definition) is 1. The van der Waals surface area contributed by atoms with Gasteiger partial charge >= 0.3 is 6.18 Å². The first kappa shape index (κ1) is 23.1. The van der Waals surface area contributed by atoms with E-state index in [2.05, 4.69) is 14.8 Å². The van der Waals surface area contributed by atoms with Crippen molar-refractivity contribution in [2.24, 2.45) is 4.99 Å². The predicted octanol–water partition coefficient (Wildman–Crippen LogP) is 3.86. The predicted molar refractivity (Wildman–Crippen MR) is 101 cm³/mol. The first-order valence-corrected chi connectivity index (χ1v) is 9.62. The lowest BCUT2D eigenvalue weighted by Crippen LogP contribution is -2.53. The van der Waals surface area contributed by atoms with Crippen LogP contribution in [0.3, 0.4) is 0 Å². The maximum atomic E-state index is 12.7. The number of rotatable bonds is 6. The SMILES string of the molecule is C/C=C(\C=N/C(C)N1CCN(C2(CC(C)O)CC2)CC1)C(F)(F)F.CC. The van der Waals surface area contributed by atoms with Crippen LogP contribution in [0.4, 0.5) is 13.2 Å². The van der Waals surface area contributed by atoms with Gasteiger partial charge in [0.2, 0.25) is 0 Å². The van der Waals surface area contributed by atoms with E-state index in [1.165, 1.54) is 6.92 Å². The lowest BCUT2D eigenvalue weighted by atomic mass is 10.1. The zero-order valence-electron chi connectivity index (χ0n) is 16.7. The van der Waals surface area contributed by atoms with Crippen LogP contribution in [0.15, 0.2) is 16.6 Å². The summed E-state index contributed by atoms with van der Waals surface area (Å²) in [6, 6.07) is 0. The van der Waals surface area contributed by atoms with Crippen molar-refractivity contribution in [1.29, 1.82) is 0 Å². The molecule has 2 rings (SSSR count). The van der Waals surface area contributed by atoms with Crippen LogP contribution in [0, 0.1) is 0 Å². The van der Waals surface area contributed by atoms with Crippen molar-refractivity contribution in [3.05, 3.63) is 11.6 Å². The van der Waals surface area contributed by atoms with Gasteiger partial charge in [-0.1, -0.05) is 19.9 Å². The first-order chi connectivity index (χ1) is 12.2. The van der Waals surface area contributed by atoms with E-state index >= 15 is 0 Å². The summed E-state index contributed by atoms with van der Waals surface area (Å²) in [6.07, 6.45) is 0.122. The molecule has 1 N–H and O–H groups in total. The Morgan fingerprint density at radius 3 is 2.08 bits per heavy atom. The molecule has 0 bridgehead atoms. The van der Waals surface area contributed by atoms with Gasteiger partial charge in [-0.05, 0) is 40.0 Å². The van der Waals surface area contributed by atoms with Crippen molar-refractivity contribution in [1.82, 2.24) is 9.80 Å². The Morgan fingerprint density at radius 1 is 1.15 bits per heavy atom. The number of piperazine rings is 1. The molecule has 1 aliphatic heterocycles. The van der Waals surface area contributed by atoms with Crippen molar-refractivity contribution < 1.29 is 18.3 Å². The molecule has 0 aromatic rings. The van der Waals surface area contributed by atoms with Crippen molar-refractivity contribution >= 4 is 6.21 Å². The maximum Gasteiger partial charge on any atom is 0.417 e. The average molecular weight is 377 g/mol. The lowest BCUT2D eigenvalue weighted by molar-refractivity contribution is -0.0857. The highest BCUT2D eigenvalue weighted by Crippen LogP contribution is 2.45. The molecule has 1 saturated heterocycles. The standard InChI is InChI=1S/C17H28F3N3O.C2H6/c1-4-15(17(18,19)20)12-21-14(3)22-7-9-23(10-8-22)16(5-6-16)11-13(2)24;1-2/h4,12-14,24H,5-11H2,1-3H3;1-2H3/b15-4+,21-12-;. The normalized spacial score (nSPS) is 24.1. The summed E-state index contributed by atoms with van der Waals surface area (Å²) in [6.45, 7) is 12.4. The monoisotopic (exact) mass is 377 g/mol. The van der Waals surface area contributed by atoms with Crippen molar-refractivity contribution in [2.45, 2.75) is 77.9 Å². The number of nitrogens with zero attached hydrogens (tertiary/aromatic N) is 3. The molecule has 1 heterocycles.